The van der Waals surface area contributed by atoms with Gasteiger partial charge in [0.15, 0.2) is 0 Å². The van der Waals surface area contributed by atoms with Crippen LogP contribution in [-0.4, -0.2) is 10.9 Å². The first-order chi connectivity index (χ1) is 2.77. The van der Waals surface area contributed by atoms with Crippen molar-refractivity contribution in [3.8, 4) is 0 Å². The van der Waals surface area contributed by atoms with E-state index < -0.39 is 0 Å². The van der Waals surface area contributed by atoms with Crippen molar-refractivity contribution in [1.29, 1.82) is 0 Å². The summed E-state index contributed by atoms with van der Waals surface area (Å²) in [6, 6.07) is 0. The van der Waals surface area contributed by atoms with Crippen molar-refractivity contribution in [3.63, 3.8) is 0 Å². The van der Waals surface area contributed by atoms with Crippen molar-refractivity contribution in [2.45, 2.75) is 6.92 Å². The summed E-state index contributed by atoms with van der Waals surface area (Å²) in [5, 5.41) is 3.72. The van der Waals surface area contributed by atoms with Crippen LogP contribution in [0.25, 0.3) is 5.32 Å². The number of hydrogen-bond donors (Lipinski definition) is 1. The van der Waals surface area contributed by atoms with Crippen molar-refractivity contribution >= 4 is 29.2 Å². The largest absolute Gasteiger partial charge is 1.00 e. The van der Waals surface area contributed by atoms with E-state index in [4.69, 9.17) is 0 Å². The molecule has 0 spiro atoms. The predicted molar refractivity (Wildman–Crippen MR) is 35.5 cm³/mol. The normalized spacial score (nSPS) is 6.57. The Bertz CT molecular complexity index is 56.9. The Hall–Kier alpha value is 1.24. The molecule has 0 aliphatic heterocycles. The van der Waals surface area contributed by atoms with Gasteiger partial charge in [0, 0.05) is 0 Å². The molecule has 0 radical (unpaired) electrons. The third-order valence-electron chi connectivity index (χ3n) is 0.293. The van der Waals surface area contributed by atoms with Crippen LogP contribution in [0, 0.1) is 0 Å². The van der Waals surface area contributed by atoms with Gasteiger partial charge in [-0.3, -0.25) is 0 Å². The molecule has 0 aromatic carbocycles. The first kappa shape index (κ1) is 11.1. The maximum absolute atomic E-state index is 4.49. The van der Waals surface area contributed by atoms with Crippen molar-refractivity contribution in [3.05, 3.63) is 5.32 Å². The summed E-state index contributed by atoms with van der Waals surface area (Å²) in [4.78, 5) is 0. The average Bonchev–Trinajstić information content (AvgIpc) is 1.35. The van der Waals surface area contributed by atoms with E-state index in [1.807, 2.05) is 6.92 Å². The molecule has 0 amide bonds. The van der Waals surface area contributed by atoms with Gasteiger partial charge in [-0.2, -0.15) is 12.6 Å². The Kier molecular flexibility index (Phi) is 11.5. The topological polar surface area (TPSA) is 14.1 Å². The molecule has 4 heteroatoms. The quantitative estimate of drug-likeness (QED) is 0.271. The Balaban J connectivity index is 0. The molecular formula is C3H6NNaS2. The molecule has 0 heterocycles. The SMILES string of the molecule is CC[N-]C(=S)S.[Na+]. The zero-order chi connectivity index (χ0) is 4.99. The first-order valence-corrected chi connectivity index (χ1v) is 2.53. The Morgan fingerprint density at radius 3 is 2.29 bits per heavy atom. The fraction of sp³-hybridized carbons (Fsp3) is 0.667. The number of thiol groups is 1. The predicted octanol–water partition coefficient (Wildman–Crippen LogP) is -1.40. The fourth-order valence-electron chi connectivity index (χ4n) is 0.135. The van der Waals surface area contributed by atoms with Crippen molar-refractivity contribution in [2.24, 2.45) is 0 Å². The molecule has 0 saturated carbocycles. The molecule has 0 unspecified atom stereocenters. The standard InChI is InChI=1S/C3H7NS2.Na/c1-2-4-3(5)6;/h2H2,1H3,(H2,4,5,6);/q;+1/p-1. The molecule has 0 aromatic heterocycles. The molecule has 7 heavy (non-hydrogen) atoms. The molecule has 0 N–H and O–H groups in total. The van der Waals surface area contributed by atoms with Crippen LogP contribution >= 0.6 is 24.8 Å². The monoisotopic (exact) mass is 143 g/mol. The second-order valence-corrected chi connectivity index (χ2v) is 1.87. The van der Waals surface area contributed by atoms with Crippen LogP contribution in [0.3, 0.4) is 0 Å². The van der Waals surface area contributed by atoms with E-state index in [9.17, 15) is 0 Å². The molecule has 0 aliphatic rings. The molecule has 0 aromatic rings. The smallest absolute Gasteiger partial charge is 0.670 e. The Labute approximate surface area is 76.9 Å². The molecule has 0 atom stereocenters. The second-order valence-electron chi connectivity index (χ2n) is 0.757. The summed E-state index contributed by atoms with van der Waals surface area (Å²) in [6.07, 6.45) is 0. The molecule has 0 aliphatic carbocycles. The Morgan fingerprint density at radius 2 is 2.29 bits per heavy atom. The van der Waals surface area contributed by atoms with Crippen LogP contribution in [0.5, 0.6) is 0 Å². The van der Waals surface area contributed by atoms with Gasteiger partial charge in [-0.25, -0.2) is 0 Å². The Morgan fingerprint density at radius 1 is 1.86 bits per heavy atom. The minimum Gasteiger partial charge on any atom is -0.670 e. The van der Waals surface area contributed by atoms with E-state index in [0.29, 0.717) is 4.32 Å². The number of nitrogens with zero attached hydrogens (tertiary/aromatic N) is 1. The van der Waals surface area contributed by atoms with Crippen LogP contribution in [-0.2, 0) is 0 Å². The molecule has 0 saturated heterocycles. The van der Waals surface area contributed by atoms with Gasteiger partial charge >= 0.3 is 29.6 Å². The van der Waals surface area contributed by atoms with Gasteiger partial charge in [0.2, 0.25) is 0 Å². The first-order valence-electron chi connectivity index (χ1n) is 1.67. The third-order valence-corrected chi connectivity index (χ3v) is 0.564. The summed E-state index contributed by atoms with van der Waals surface area (Å²) in [6.45, 7) is 2.66. The van der Waals surface area contributed by atoms with Gasteiger partial charge < -0.3 is 5.32 Å². The second kappa shape index (κ2) is 7.24. The van der Waals surface area contributed by atoms with Crippen LogP contribution in [0.4, 0.5) is 0 Å². The average molecular weight is 143 g/mol. The van der Waals surface area contributed by atoms with Gasteiger partial charge in [0.05, 0.1) is 0 Å². The zero-order valence-electron chi connectivity index (χ0n) is 4.51. The van der Waals surface area contributed by atoms with Crippen LogP contribution in [0.1, 0.15) is 6.92 Å². The molecular weight excluding hydrogens is 137 g/mol. The van der Waals surface area contributed by atoms with E-state index in [0.717, 1.165) is 6.54 Å². The van der Waals surface area contributed by atoms with Crippen LogP contribution in [0.2, 0.25) is 0 Å². The third kappa shape index (κ3) is 11.1. The molecule has 1 nitrogen and oxygen atoms in total. The van der Waals surface area contributed by atoms with Gasteiger partial charge in [-0.05, 0) is 4.32 Å². The van der Waals surface area contributed by atoms with E-state index >= 15 is 0 Å². The van der Waals surface area contributed by atoms with Gasteiger partial charge in [0.1, 0.15) is 0 Å². The van der Waals surface area contributed by atoms with E-state index in [2.05, 4.69) is 30.2 Å². The van der Waals surface area contributed by atoms with Crippen molar-refractivity contribution in [2.75, 3.05) is 6.54 Å². The number of thiocarbonyl (C=S) groups is 1. The molecule has 0 rings (SSSR count). The van der Waals surface area contributed by atoms with Crippen molar-refractivity contribution in [1.82, 2.24) is 0 Å². The van der Waals surface area contributed by atoms with E-state index in [1.54, 1.807) is 0 Å². The summed E-state index contributed by atoms with van der Waals surface area (Å²) in [5.74, 6) is 0. The number of rotatable bonds is 1. The van der Waals surface area contributed by atoms with Gasteiger partial charge in [0.25, 0.3) is 0 Å². The maximum atomic E-state index is 4.49. The number of hydrogen-bond acceptors (Lipinski definition) is 1. The minimum atomic E-state index is 0. The summed E-state index contributed by atoms with van der Waals surface area (Å²) in [7, 11) is 0. The minimum absolute atomic E-state index is 0. The van der Waals surface area contributed by atoms with Crippen molar-refractivity contribution < 1.29 is 29.6 Å². The van der Waals surface area contributed by atoms with Crippen LogP contribution in [0.15, 0.2) is 0 Å². The fourth-order valence-corrected chi connectivity index (χ4v) is 0.406. The summed E-state index contributed by atoms with van der Waals surface area (Å²) < 4.78 is 0.442. The van der Waals surface area contributed by atoms with Crippen LogP contribution < -0.4 is 29.6 Å². The summed E-state index contributed by atoms with van der Waals surface area (Å²) >= 11 is 8.24. The van der Waals surface area contributed by atoms with Gasteiger partial charge in [-0.15, -0.1) is 6.54 Å². The summed E-state index contributed by atoms with van der Waals surface area (Å²) in [5.41, 5.74) is 0. The zero-order valence-corrected chi connectivity index (χ0v) is 8.22. The maximum Gasteiger partial charge on any atom is 1.00 e. The van der Waals surface area contributed by atoms with Gasteiger partial charge in [-0.1, -0.05) is 19.1 Å². The molecule has 0 bridgehead atoms. The van der Waals surface area contributed by atoms with E-state index in [1.165, 1.54) is 0 Å². The van der Waals surface area contributed by atoms with E-state index in [-0.39, 0.29) is 29.6 Å². The molecule has 36 valence electrons. The molecule has 0 fully saturated rings.